The Kier molecular flexibility index (Phi) is 6.00. The number of rotatable bonds is 5. The third kappa shape index (κ3) is 4.44. The molecule has 5 heterocycles. The Morgan fingerprint density at radius 2 is 1.95 bits per heavy atom. The Balaban J connectivity index is 1.40. The van der Waals surface area contributed by atoms with Crippen LogP contribution in [0.5, 0.6) is 0 Å². The Hall–Kier alpha value is -4.89. The summed E-state index contributed by atoms with van der Waals surface area (Å²) in [6.45, 7) is -1.29. The molecule has 5 aromatic heterocycles. The number of hydrogen-bond donors (Lipinski definition) is 1. The van der Waals surface area contributed by atoms with Crippen LogP contribution in [0, 0.1) is 5.95 Å². The molecular formula is C25H17F6N9O. The monoisotopic (exact) mass is 573 g/mol. The van der Waals surface area contributed by atoms with Crippen LogP contribution in [-0.4, -0.2) is 45.5 Å². The van der Waals surface area contributed by atoms with E-state index in [1.807, 2.05) is 0 Å². The maximum atomic E-state index is 14.1. The van der Waals surface area contributed by atoms with Gasteiger partial charge in [0, 0.05) is 30.2 Å². The summed E-state index contributed by atoms with van der Waals surface area (Å²) >= 11 is 0. The molecule has 0 saturated carbocycles. The molecule has 210 valence electrons. The quantitative estimate of drug-likeness (QED) is 0.302. The minimum absolute atomic E-state index is 0.0477. The Bertz CT molecular complexity index is 1790. The number of carbonyl (C=O) groups excluding carboxylic acids is 1. The highest BCUT2D eigenvalue weighted by atomic mass is 19.4. The van der Waals surface area contributed by atoms with Crippen LogP contribution in [0.15, 0.2) is 55.1 Å². The fourth-order valence-electron chi connectivity index (χ4n) is 5.15. The van der Waals surface area contributed by atoms with Crippen LogP contribution >= 0.6 is 0 Å². The van der Waals surface area contributed by atoms with E-state index in [1.165, 1.54) is 35.1 Å². The summed E-state index contributed by atoms with van der Waals surface area (Å²) in [6.07, 6.45) is -0.112. The summed E-state index contributed by atoms with van der Waals surface area (Å²) in [5.74, 6) is -2.61. The van der Waals surface area contributed by atoms with Gasteiger partial charge >= 0.3 is 12.7 Å². The molecule has 0 aromatic carbocycles. The van der Waals surface area contributed by atoms with Crippen molar-refractivity contribution >= 4 is 17.2 Å². The molecule has 0 bridgehead atoms. The van der Waals surface area contributed by atoms with Gasteiger partial charge < -0.3 is 5.32 Å². The summed E-state index contributed by atoms with van der Waals surface area (Å²) in [4.78, 5) is 21.6. The van der Waals surface area contributed by atoms with Crippen molar-refractivity contribution in [2.45, 2.75) is 37.4 Å². The standard InChI is InChI=1S/C25H17F6N9O/c1-24(17-4-6-39(37-17)23(27)28)9-13(14-11-32-19-8-18(26)38-40(19)21(14)24)22(41)35-12-7-15(25(29,30)31)20(33-10-12)16-3-2-5-34-36-16/h2-8,10-11,13,23H,9H2,1H3,(H,35,41)/t13-,24-/m1/s1. The second-order valence-corrected chi connectivity index (χ2v) is 9.56. The van der Waals surface area contributed by atoms with Crippen molar-refractivity contribution in [2.75, 3.05) is 5.32 Å². The number of hydrogen-bond acceptors (Lipinski definition) is 7. The number of pyridine rings is 1. The number of carbonyl (C=O) groups is 1. The van der Waals surface area contributed by atoms with Gasteiger partial charge in [0.15, 0.2) is 5.65 Å². The molecule has 0 unspecified atom stereocenters. The minimum Gasteiger partial charge on any atom is -0.324 e. The highest BCUT2D eigenvalue weighted by molar-refractivity contribution is 5.97. The van der Waals surface area contributed by atoms with Crippen molar-refractivity contribution < 1.29 is 31.1 Å². The maximum Gasteiger partial charge on any atom is 0.418 e. The van der Waals surface area contributed by atoms with E-state index in [4.69, 9.17) is 0 Å². The summed E-state index contributed by atoms with van der Waals surface area (Å²) in [5, 5.41) is 17.5. The molecule has 1 aliphatic carbocycles. The van der Waals surface area contributed by atoms with Gasteiger partial charge in [0.25, 0.3) is 0 Å². The number of aromatic nitrogens is 8. The van der Waals surface area contributed by atoms with Crippen LogP contribution in [0.4, 0.5) is 32.0 Å². The molecular weight excluding hydrogens is 556 g/mol. The average Bonchev–Trinajstić information content (AvgIpc) is 3.64. The molecule has 0 saturated heterocycles. The van der Waals surface area contributed by atoms with Crippen molar-refractivity contribution in [3.05, 3.63) is 83.6 Å². The van der Waals surface area contributed by atoms with Gasteiger partial charge in [0.05, 0.1) is 40.2 Å². The average molecular weight is 573 g/mol. The second-order valence-electron chi connectivity index (χ2n) is 9.56. The number of halogens is 6. The van der Waals surface area contributed by atoms with Gasteiger partial charge in [-0.3, -0.25) is 9.78 Å². The molecule has 1 aliphatic rings. The molecule has 10 nitrogen and oxygen atoms in total. The summed E-state index contributed by atoms with van der Waals surface area (Å²) in [6, 6.07) is 5.89. The van der Waals surface area contributed by atoms with Gasteiger partial charge in [0.1, 0.15) is 11.4 Å². The SMILES string of the molecule is C[C@]1(c2ccn(C(F)F)n2)C[C@@H](C(=O)Nc2cnc(-c3cccnn3)c(C(F)(F)F)c2)c2cnc3cc(F)nn3c21. The van der Waals surface area contributed by atoms with Gasteiger partial charge in [-0.05, 0) is 37.6 Å². The van der Waals surface area contributed by atoms with E-state index in [0.29, 0.717) is 4.68 Å². The van der Waals surface area contributed by atoms with E-state index >= 15 is 0 Å². The third-order valence-corrected chi connectivity index (χ3v) is 6.96. The zero-order valence-corrected chi connectivity index (χ0v) is 20.8. The van der Waals surface area contributed by atoms with Crippen LogP contribution < -0.4 is 5.32 Å². The van der Waals surface area contributed by atoms with E-state index in [-0.39, 0.29) is 40.4 Å². The summed E-state index contributed by atoms with van der Waals surface area (Å²) < 4.78 is 84.2. The minimum atomic E-state index is -4.83. The van der Waals surface area contributed by atoms with Gasteiger partial charge in [-0.1, -0.05) is 0 Å². The largest absolute Gasteiger partial charge is 0.418 e. The van der Waals surface area contributed by atoms with E-state index < -0.39 is 47.2 Å². The molecule has 6 rings (SSSR count). The van der Waals surface area contributed by atoms with Crippen molar-refractivity contribution in [1.82, 2.24) is 39.6 Å². The number of amides is 1. The zero-order chi connectivity index (χ0) is 29.1. The first-order valence-corrected chi connectivity index (χ1v) is 12.0. The summed E-state index contributed by atoms with van der Waals surface area (Å²) in [7, 11) is 0. The fourth-order valence-corrected chi connectivity index (χ4v) is 5.15. The predicted octanol–water partition coefficient (Wildman–Crippen LogP) is 4.76. The van der Waals surface area contributed by atoms with Gasteiger partial charge in [-0.2, -0.15) is 36.5 Å². The molecule has 1 amide bonds. The first-order chi connectivity index (χ1) is 19.5. The molecule has 0 radical (unpaired) electrons. The number of nitrogens with one attached hydrogen (secondary N) is 1. The van der Waals surface area contributed by atoms with Crippen molar-refractivity contribution in [3.63, 3.8) is 0 Å². The first kappa shape index (κ1) is 26.3. The molecule has 0 spiro atoms. The van der Waals surface area contributed by atoms with Crippen LogP contribution in [0.1, 0.15) is 48.3 Å². The molecule has 16 heteroatoms. The zero-order valence-electron chi connectivity index (χ0n) is 20.8. The lowest BCUT2D eigenvalue weighted by atomic mass is 9.82. The lowest BCUT2D eigenvalue weighted by molar-refractivity contribution is -0.137. The Labute approximate surface area is 226 Å². The molecule has 0 aliphatic heterocycles. The Morgan fingerprint density at radius 3 is 2.63 bits per heavy atom. The van der Waals surface area contributed by atoms with E-state index in [0.717, 1.165) is 24.5 Å². The normalized spacial score (nSPS) is 18.7. The molecule has 2 atom stereocenters. The van der Waals surface area contributed by atoms with Crippen LogP contribution in [0.25, 0.3) is 17.0 Å². The lowest BCUT2D eigenvalue weighted by Crippen LogP contribution is -2.26. The van der Waals surface area contributed by atoms with E-state index in [9.17, 15) is 31.1 Å². The van der Waals surface area contributed by atoms with Gasteiger partial charge in [-0.15, -0.1) is 10.2 Å². The third-order valence-electron chi connectivity index (χ3n) is 6.96. The first-order valence-electron chi connectivity index (χ1n) is 12.0. The molecule has 1 N–H and O–H groups in total. The van der Waals surface area contributed by atoms with Gasteiger partial charge in [0.2, 0.25) is 11.9 Å². The number of fused-ring (bicyclic) bond motifs is 3. The molecule has 5 aromatic rings. The van der Waals surface area contributed by atoms with Crippen LogP contribution in [0.2, 0.25) is 0 Å². The lowest BCUT2D eigenvalue weighted by Gasteiger charge is -2.23. The molecule has 0 fully saturated rings. The number of alkyl halides is 5. The van der Waals surface area contributed by atoms with E-state index in [2.05, 4.69) is 35.7 Å². The van der Waals surface area contributed by atoms with E-state index in [1.54, 1.807) is 6.92 Å². The van der Waals surface area contributed by atoms with Gasteiger partial charge in [-0.25, -0.2) is 14.2 Å². The van der Waals surface area contributed by atoms with Crippen molar-refractivity contribution in [1.29, 1.82) is 0 Å². The van der Waals surface area contributed by atoms with Crippen LogP contribution in [-0.2, 0) is 16.4 Å². The smallest absolute Gasteiger partial charge is 0.324 e. The van der Waals surface area contributed by atoms with Crippen LogP contribution in [0.3, 0.4) is 0 Å². The highest BCUT2D eigenvalue weighted by Gasteiger charge is 2.49. The number of anilines is 1. The topological polar surface area (TPSA) is 116 Å². The number of nitrogens with zero attached hydrogens (tertiary/aromatic N) is 8. The van der Waals surface area contributed by atoms with Crippen molar-refractivity contribution in [3.8, 4) is 11.4 Å². The van der Waals surface area contributed by atoms with Crippen molar-refractivity contribution in [2.24, 2.45) is 0 Å². The summed E-state index contributed by atoms with van der Waals surface area (Å²) in [5.41, 5.74) is -2.33. The Morgan fingerprint density at radius 1 is 1.15 bits per heavy atom. The second kappa shape index (κ2) is 9.35. The fraction of sp³-hybridized carbons (Fsp3) is 0.240. The highest BCUT2D eigenvalue weighted by Crippen LogP contribution is 2.49. The molecule has 41 heavy (non-hydrogen) atoms. The predicted molar refractivity (Wildman–Crippen MR) is 129 cm³/mol. The maximum absolute atomic E-state index is 14.1.